The Morgan fingerprint density at radius 2 is 2.04 bits per heavy atom. The van der Waals surface area contributed by atoms with Crippen LogP contribution < -0.4 is 5.32 Å². The van der Waals surface area contributed by atoms with Crippen molar-refractivity contribution in [3.05, 3.63) is 72.4 Å². The largest absolute Gasteiger partial charge is 0.466 e. The lowest BCUT2D eigenvalue weighted by atomic mass is 10.1. The third-order valence-electron chi connectivity index (χ3n) is 4.33. The number of H-pyrrole nitrogens is 1. The van der Waals surface area contributed by atoms with Gasteiger partial charge in [-0.05, 0) is 37.3 Å². The van der Waals surface area contributed by atoms with Crippen molar-refractivity contribution in [2.24, 2.45) is 0 Å². The zero-order chi connectivity index (χ0) is 17.9. The first-order valence-corrected chi connectivity index (χ1v) is 8.57. The molecule has 0 spiro atoms. The molecule has 0 saturated carbocycles. The predicted octanol–water partition coefficient (Wildman–Crippen LogP) is 4.70. The molecule has 0 aliphatic heterocycles. The van der Waals surface area contributed by atoms with Gasteiger partial charge in [0.05, 0.1) is 0 Å². The number of carbonyl (C=O) groups excluding carboxylic acids is 1. The summed E-state index contributed by atoms with van der Waals surface area (Å²) in [6, 6.07) is 15.7. The SMILES string of the molecule is Cc1ccc(CCC(=O)Nc2ccc(-c3c[nH]c4ccccc34)cn2)o1. The standard InChI is InChI=1S/C21H19N3O2/c1-14-6-8-16(26-14)9-11-21(25)24-20-10-7-15(12-23-20)18-13-22-19-5-3-2-4-17(18)19/h2-8,10,12-13,22H,9,11H2,1H3,(H,23,24,25). The highest BCUT2D eigenvalue weighted by atomic mass is 16.3. The number of benzene rings is 1. The zero-order valence-electron chi connectivity index (χ0n) is 14.5. The molecule has 0 saturated heterocycles. The van der Waals surface area contributed by atoms with E-state index in [2.05, 4.69) is 21.4 Å². The number of anilines is 1. The molecule has 3 aromatic heterocycles. The molecule has 5 nitrogen and oxygen atoms in total. The molecule has 3 heterocycles. The van der Waals surface area contributed by atoms with Crippen LogP contribution in [0.1, 0.15) is 17.9 Å². The summed E-state index contributed by atoms with van der Waals surface area (Å²) in [5, 5.41) is 3.98. The minimum atomic E-state index is -0.0774. The van der Waals surface area contributed by atoms with Crippen LogP contribution in [0, 0.1) is 6.92 Å². The van der Waals surface area contributed by atoms with Crippen LogP contribution in [0.15, 0.2) is 65.3 Å². The van der Waals surface area contributed by atoms with Gasteiger partial charge in [0.2, 0.25) is 5.91 Å². The molecule has 0 unspecified atom stereocenters. The Hall–Kier alpha value is -3.34. The van der Waals surface area contributed by atoms with Gasteiger partial charge < -0.3 is 14.7 Å². The lowest BCUT2D eigenvalue weighted by Crippen LogP contribution is -2.13. The number of nitrogens with one attached hydrogen (secondary N) is 2. The summed E-state index contributed by atoms with van der Waals surface area (Å²) in [6.07, 6.45) is 4.69. The van der Waals surface area contributed by atoms with Crippen molar-refractivity contribution in [1.82, 2.24) is 9.97 Å². The number of rotatable bonds is 5. The average Bonchev–Trinajstić information content (AvgIpc) is 3.27. The highest BCUT2D eigenvalue weighted by Crippen LogP contribution is 2.28. The van der Waals surface area contributed by atoms with Crippen LogP contribution in [0.5, 0.6) is 0 Å². The number of aromatic nitrogens is 2. The van der Waals surface area contributed by atoms with Crippen LogP contribution >= 0.6 is 0 Å². The van der Waals surface area contributed by atoms with Crippen LogP contribution in [0.25, 0.3) is 22.0 Å². The van der Waals surface area contributed by atoms with E-state index in [4.69, 9.17) is 4.42 Å². The van der Waals surface area contributed by atoms with E-state index in [0.717, 1.165) is 33.6 Å². The van der Waals surface area contributed by atoms with Gasteiger partial charge in [0.15, 0.2) is 0 Å². The first kappa shape index (κ1) is 16.1. The molecule has 0 atom stereocenters. The first-order chi connectivity index (χ1) is 12.7. The number of pyridine rings is 1. The maximum absolute atomic E-state index is 12.1. The van der Waals surface area contributed by atoms with Crippen LogP contribution in [0.4, 0.5) is 5.82 Å². The summed E-state index contributed by atoms with van der Waals surface area (Å²) < 4.78 is 5.48. The van der Waals surface area contributed by atoms with Crippen molar-refractivity contribution in [3.8, 4) is 11.1 Å². The molecule has 0 fully saturated rings. The lowest BCUT2D eigenvalue weighted by Gasteiger charge is -2.05. The number of hydrogen-bond donors (Lipinski definition) is 2. The number of aromatic amines is 1. The summed E-state index contributed by atoms with van der Waals surface area (Å²) in [6.45, 7) is 1.89. The molecule has 0 radical (unpaired) electrons. The van der Waals surface area contributed by atoms with E-state index >= 15 is 0 Å². The molecular formula is C21H19N3O2. The van der Waals surface area contributed by atoms with Gasteiger partial charge in [-0.25, -0.2) is 4.98 Å². The molecule has 2 N–H and O–H groups in total. The number of carbonyl (C=O) groups is 1. The van der Waals surface area contributed by atoms with Gasteiger partial charge >= 0.3 is 0 Å². The number of hydrogen-bond acceptors (Lipinski definition) is 3. The summed E-state index contributed by atoms with van der Waals surface area (Å²) in [5.41, 5.74) is 3.19. The van der Waals surface area contributed by atoms with Crippen molar-refractivity contribution >= 4 is 22.6 Å². The van der Waals surface area contributed by atoms with Crippen LogP contribution in [0.2, 0.25) is 0 Å². The maximum Gasteiger partial charge on any atom is 0.225 e. The Morgan fingerprint density at radius 1 is 1.15 bits per heavy atom. The average molecular weight is 345 g/mol. The van der Waals surface area contributed by atoms with Crippen LogP contribution in [-0.2, 0) is 11.2 Å². The smallest absolute Gasteiger partial charge is 0.225 e. The second-order valence-electron chi connectivity index (χ2n) is 6.24. The molecule has 4 rings (SSSR count). The molecule has 26 heavy (non-hydrogen) atoms. The summed E-state index contributed by atoms with van der Waals surface area (Å²) in [7, 11) is 0. The number of aryl methyl sites for hydroxylation is 2. The summed E-state index contributed by atoms with van der Waals surface area (Å²) >= 11 is 0. The minimum Gasteiger partial charge on any atom is -0.466 e. The number of nitrogens with zero attached hydrogens (tertiary/aromatic N) is 1. The van der Waals surface area contributed by atoms with E-state index in [1.807, 2.05) is 55.6 Å². The normalized spacial score (nSPS) is 11.0. The molecule has 4 aromatic rings. The van der Waals surface area contributed by atoms with Gasteiger partial charge in [-0.2, -0.15) is 0 Å². The first-order valence-electron chi connectivity index (χ1n) is 8.57. The third kappa shape index (κ3) is 3.37. The highest BCUT2D eigenvalue weighted by Gasteiger charge is 2.08. The summed E-state index contributed by atoms with van der Waals surface area (Å²) in [5.74, 6) is 2.15. The minimum absolute atomic E-state index is 0.0774. The molecule has 1 amide bonds. The zero-order valence-corrected chi connectivity index (χ0v) is 14.5. The lowest BCUT2D eigenvalue weighted by molar-refractivity contribution is -0.116. The van der Waals surface area contributed by atoms with Crippen LogP contribution in [-0.4, -0.2) is 15.9 Å². The highest BCUT2D eigenvalue weighted by molar-refractivity contribution is 5.95. The van der Waals surface area contributed by atoms with Crippen molar-refractivity contribution in [3.63, 3.8) is 0 Å². The molecule has 130 valence electrons. The molecule has 0 aliphatic carbocycles. The van der Waals surface area contributed by atoms with E-state index in [0.29, 0.717) is 18.7 Å². The van der Waals surface area contributed by atoms with Crippen molar-refractivity contribution in [1.29, 1.82) is 0 Å². The van der Waals surface area contributed by atoms with Gasteiger partial charge in [-0.3, -0.25) is 4.79 Å². The van der Waals surface area contributed by atoms with E-state index in [1.165, 1.54) is 0 Å². The number of amides is 1. The molecule has 5 heteroatoms. The maximum atomic E-state index is 12.1. The Morgan fingerprint density at radius 3 is 2.81 bits per heavy atom. The fourth-order valence-corrected chi connectivity index (χ4v) is 3.00. The van der Waals surface area contributed by atoms with Gasteiger partial charge in [-0.1, -0.05) is 18.2 Å². The molecule has 0 bridgehead atoms. The van der Waals surface area contributed by atoms with E-state index < -0.39 is 0 Å². The van der Waals surface area contributed by atoms with Gasteiger partial charge in [0, 0.05) is 47.3 Å². The topological polar surface area (TPSA) is 70.9 Å². The third-order valence-corrected chi connectivity index (χ3v) is 4.33. The Balaban J connectivity index is 1.42. The molecular weight excluding hydrogens is 326 g/mol. The second kappa shape index (κ2) is 6.88. The fraction of sp³-hybridized carbons (Fsp3) is 0.143. The number of fused-ring (bicyclic) bond motifs is 1. The molecule has 0 aliphatic rings. The Bertz CT molecular complexity index is 1040. The van der Waals surface area contributed by atoms with Crippen molar-refractivity contribution in [2.45, 2.75) is 19.8 Å². The fourth-order valence-electron chi connectivity index (χ4n) is 3.00. The van der Waals surface area contributed by atoms with Crippen molar-refractivity contribution in [2.75, 3.05) is 5.32 Å². The Labute approximate surface area is 151 Å². The van der Waals surface area contributed by atoms with E-state index in [-0.39, 0.29) is 5.91 Å². The quantitative estimate of drug-likeness (QED) is 0.550. The number of para-hydroxylation sites is 1. The predicted molar refractivity (Wildman–Crippen MR) is 102 cm³/mol. The van der Waals surface area contributed by atoms with Gasteiger partial charge in [0.1, 0.15) is 17.3 Å². The van der Waals surface area contributed by atoms with E-state index in [9.17, 15) is 4.79 Å². The molecule has 1 aromatic carbocycles. The van der Waals surface area contributed by atoms with Gasteiger partial charge in [-0.15, -0.1) is 0 Å². The van der Waals surface area contributed by atoms with Crippen molar-refractivity contribution < 1.29 is 9.21 Å². The number of furan rings is 1. The van der Waals surface area contributed by atoms with Gasteiger partial charge in [0.25, 0.3) is 0 Å². The Kier molecular flexibility index (Phi) is 4.27. The summed E-state index contributed by atoms with van der Waals surface area (Å²) in [4.78, 5) is 19.7. The second-order valence-corrected chi connectivity index (χ2v) is 6.24. The van der Waals surface area contributed by atoms with E-state index in [1.54, 1.807) is 6.20 Å². The monoisotopic (exact) mass is 345 g/mol. The van der Waals surface area contributed by atoms with Crippen LogP contribution in [0.3, 0.4) is 0 Å².